The molecule has 0 spiro atoms. The van der Waals surface area contributed by atoms with Crippen molar-refractivity contribution in [2.24, 2.45) is 0 Å². The second-order valence-electron chi connectivity index (χ2n) is 0.658. The van der Waals surface area contributed by atoms with Gasteiger partial charge in [0.15, 0.2) is 0 Å². The average molecular weight is 247 g/mol. The Morgan fingerprint density at radius 3 is 1.57 bits per heavy atom. The standard InChI is InChI=1S/C2H7PS3.Y/c1-5-3(4)6-2;/h3H,1-2H3;. The fraction of sp³-hybridized carbons (Fsp3) is 1.00. The zero-order chi connectivity index (χ0) is 4.99. The Bertz CT molecular complexity index is 50.9. The minimum absolute atomic E-state index is 0. The molecule has 0 N–H and O–H groups in total. The van der Waals surface area contributed by atoms with E-state index >= 15 is 0 Å². The third-order valence-electron chi connectivity index (χ3n) is 0.333. The largest absolute Gasteiger partial charge is 0.120 e. The number of hydrogen-bond acceptors (Lipinski definition) is 3. The van der Waals surface area contributed by atoms with E-state index in [1.807, 2.05) is 0 Å². The molecule has 0 fully saturated rings. The molecule has 0 saturated heterocycles. The fourth-order valence-corrected chi connectivity index (χ4v) is 2.25. The molecule has 0 aromatic rings. The van der Waals surface area contributed by atoms with E-state index < -0.39 is 5.10 Å². The van der Waals surface area contributed by atoms with Gasteiger partial charge in [0.1, 0.15) is 0 Å². The Morgan fingerprint density at radius 1 is 1.29 bits per heavy atom. The fourth-order valence-electron chi connectivity index (χ4n) is 0.0833. The number of rotatable bonds is 2. The summed E-state index contributed by atoms with van der Waals surface area (Å²) in [5, 5.41) is -0.452. The summed E-state index contributed by atoms with van der Waals surface area (Å²) in [6.45, 7) is 0. The van der Waals surface area contributed by atoms with Gasteiger partial charge in [-0.1, -0.05) is 11.8 Å². The van der Waals surface area contributed by atoms with Crippen LogP contribution in [0.2, 0.25) is 0 Å². The van der Waals surface area contributed by atoms with Crippen LogP contribution in [0.4, 0.5) is 0 Å². The van der Waals surface area contributed by atoms with Gasteiger partial charge < -0.3 is 0 Å². The molecule has 0 atom stereocenters. The van der Waals surface area contributed by atoms with Crippen molar-refractivity contribution in [1.29, 1.82) is 0 Å². The van der Waals surface area contributed by atoms with Crippen LogP contribution >= 0.6 is 27.9 Å². The molecular formula is C2H7PS3Y. The first-order valence-corrected chi connectivity index (χ1v) is 7.96. The van der Waals surface area contributed by atoms with Gasteiger partial charge in [-0.2, -0.15) is 0 Å². The molecule has 0 saturated carbocycles. The Kier molecular flexibility index (Phi) is 14.7. The van der Waals surface area contributed by atoms with Gasteiger partial charge in [0, 0.05) is 37.8 Å². The van der Waals surface area contributed by atoms with E-state index in [-0.39, 0.29) is 32.7 Å². The van der Waals surface area contributed by atoms with Gasteiger partial charge in [-0.3, -0.25) is 0 Å². The van der Waals surface area contributed by atoms with Gasteiger partial charge in [0.2, 0.25) is 0 Å². The van der Waals surface area contributed by atoms with Gasteiger partial charge in [-0.05, 0) is 12.5 Å². The summed E-state index contributed by atoms with van der Waals surface area (Å²) in [5.41, 5.74) is 0. The molecule has 0 heterocycles. The van der Waals surface area contributed by atoms with Crippen LogP contribution in [0.1, 0.15) is 0 Å². The maximum atomic E-state index is 4.97. The van der Waals surface area contributed by atoms with Gasteiger partial charge in [-0.25, -0.2) is 0 Å². The van der Waals surface area contributed by atoms with Crippen molar-refractivity contribution in [3.8, 4) is 0 Å². The van der Waals surface area contributed by atoms with Crippen molar-refractivity contribution >= 4 is 39.7 Å². The molecule has 5 heteroatoms. The molecule has 0 aliphatic rings. The van der Waals surface area contributed by atoms with Gasteiger partial charge >= 0.3 is 0 Å². The van der Waals surface area contributed by atoms with E-state index in [0.29, 0.717) is 0 Å². The van der Waals surface area contributed by atoms with E-state index in [4.69, 9.17) is 11.8 Å². The van der Waals surface area contributed by atoms with Crippen molar-refractivity contribution in [2.45, 2.75) is 0 Å². The van der Waals surface area contributed by atoms with Crippen molar-refractivity contribution < 1.29 is 32.7 Å². The van der Waals surface area contributed by atoms with E-state index in [0.717, 1.165) is 0 Å². The molecular weight excluding hydrogens is 240 g/mol. The zero-order valence-electron chi connectivity index (χ0n) is 4.30. The normalized spacial score (nSPS) is 8.43. The van der Waals surface area contributed by atoms with Gasteiger partial charge in [0.25, 0.3) is 0 Å². The predicted octanol–water partition coefficient (Wildman–Crippen LogP) is 2.22. The third-order valence-corrected chi connectivity index (χ3v) is 9.00. The van der Waals surface area contributed by atoms with Crippen molar-refractivity contribution in [2.75, 3.05) is 12.5 Å². The summed E-state index contributed by atoms with van der Waals surface area (Å²) in [6.07, 6.45) is 4.13. The Balaban J connectivity index is 0. The summed E-state index contributed by atoms with van der Waals surface area (Å²) >= 11 is 8.58. The summed E-state index contributed by atoms with van der Waals surface area (Å²) in [7, 11) is 0. The topological polar surface area (TPSA) is 0 Å². The van der Waals surface area contributed by atoms with Gasteiger partial charge in [-0.15, -0.1) is 22.8 Å². The molecule has 0 aromatic heterocycles. The predicted molar refractivity (Wildman–Crippen MR) is 42.7 cm³/mol. The first-order valence-electron chi connectivity index (χ1n) is 1.43. The van der Waals surface area contributed by atoms with Crippen LogP contribution in [0.25, 0.3) is 0 Å². The summed E-state index contributed by atoms with van der Waals surface area (Å²) in [5.74, 6) is 0. The summed E-state index contributed by atoms with van der Waals surface area (Å²) in [4.78, 5) is 0. The molecule has 41 valence electrons. The molecule has 0 aliphatic heterocycles. The van der Waals surface area contributed by atoms with Crippen LogP contribution in [0.15, 0.2) is 0 Å². The smallest absolute Gasteiger partial charge is 0.0446 e. The van der Waals surface area contributed by atoms with Crippen LogP contribution in [-0.4, -0.2) is 12.5 Å². The van der Waals surface area contributed by atoms with Crippen LogP contribution in [-0.2, 0) is 44.5 Å². The Labute approximate surface area is 83.8 Å². The Hall–Kier alpha value is 2.45. The van der Waals surface area contributed by atoms with Crippen molar-refractivity contribution in [1.82, 2.24) is 0 Å². The van der Waals surface area contributed by atoms with Crippen LogP contribution in [0.5, 0.6) is 0 Å². The monoisotopic (exact) mass is 247 g/mol. The first-order chi connectivity index (χ1) is 2.81. The van der Waals surface area contributed by atoms with E-state index in [2.05, 4.69) is 12.5 Å². The first kappa shape index (κ1) is 12.2. The second-order valence-corrected chi connectivity index (χ2v) is 10.4. The minimum atomic E-state index is -0.452. The molecule has 0 aromatic carbocycles. The van der Waals surface area contributed by atoms with Crippen molar-refractivity contribution in [3.63, 3.8) is 0 Å². The van der Waals surface area contributed by atoms with Crippen LogP contribution in [0, 0.1) is 0 Å². The molecule has 7 heavy (non-hydrogen) atoms. The SMILES string of the molecule is CS[PH](=S)SC.[Y]. The maximum Gasteiger partial charge on any atom is 0.0446 e. The van der Waals surface area contributed by atoms with Crippen LogP contribution < -0.4 is 0 Å². The summed E-state index contributed by atoms with van der Waals surface area (Å²) in [6, 6.07) is 0. The molecule has 0 rings (SSSR count). The summed E-state index contributed by atoms with van der Waals surface area (Å²) < 4.78 is 0. The third kappa shape index (κ3) is 8.45. The van der Waals surface area contributed by atoms with E-state index in [9.17, 15) is 0 Å². The van der Waals surface area contributed by atoms with Gasteiger partial charge in [0.05, 0.1) is 0 Å². The average Bonchev–Trinajstić information content (AvgIpc) is 1.65. The second kappa shape index (κ2) is 8.45. The molecule has 0 amide bonds. The minimum Gasteiger partial charge on any atom is -0.120 e. The molecule has 0 unspecified atom stereocenters. The molecule has 0 nitrogen and oxygen atoms in total. The maximum absolute atomic E-state index is 4.97. The van der Waals surface area contributed by atoms with Crippen molar-refractivity contribution in [3.05, 3.63) is 0 Å². The number of hydrogen-bond donors (Lipinski definition) is 0. The van der Waals surface area contributed by atoms with E-state index in [1.165, 1.54) is 0 Å². The zero-order valence-corrected chi connectivity index (χ0v) is 10.6. The quantitative estimate of drug-likeness (QED) is 0.687. The van der Waals surface area contributed by atoms with E-state index in [1.54, 1.807) is 22.8 Å². The van der Waals surface area contributed by atoms with Crippen LogP contribution in [0.3, 0.4) is 0 Å². The Morgan fingerprint density at radius 2 is 1.57 bits per heavy atom. The molecule has 0 aliphatic carbocycles. The molecule has 1 radical (unpaired) electrons. The molecule has 0 bridgehead atoms.